The number of aryl methyl sites for hydroxylation is 1. The van der Waals surface area contributed by atoms with Gasteiger partial charge in [-0.05, 0) is 31.0 Å². The van der Waals surface area contributed by atoms with Crippen molar-refractivity contribution in [1.82, 2.24) is 24.8 Å². The number of hydrogen-bond acceptors (Lipinski definition) is 6. The van der Waals surface area contributed by atoms with Crippen LogP contribution in [0.1, 0.15) is 35.2 Å². The van der Waals surface area contributed by atoms with Crippen molar-refractivity contribution in [1.29, 1.82) is 0 Å². The van der Waals surface area contributed by atoms with E-state index in [4.69, 9.17) is 9.26 Å². The summed E-state index contributed by atoms with van der Waals surface area (Å²) in [7, 11) is 0. The smallest absolute Gasteiger partial charge is 0.133 e. The first kappa shape index (κ1) is 16.9. The molecule has 3 aromatic heterocycles. The lowest BCUT2D eigenvalue weighted by Gasteiger charge is -2.33. The normalized spacial score (nSPS) is 17.3. The van der Waals surface area contributed by atoms with E-state index in [1.54, 1.807) is 6.20 Å². The molecule has 0 fully saturated rings. The van der Waals surface area contributed by atoms with Gasteiger partial charge in [0.05, 0.1) is 24.0 Å². The molecule has 7 heteroatoms. The Morgan fingerprint density at radius 2 is 2.27 bits per heavy atom. The maximum Gasteiger partial charge on any atom is 0.133 e. The molecule has 1 aliphatic heterocycles. The zero-order valence-electron chi connectivity index (χ0n) is 14.9. The molecule has 0 radical (unpaired) electrons. The Balaban J connectivity index is 1.34. The zero-order valence-corrected chi connectivity index (χ0v) is 14.9. The summed E-state index contributed by atoms with van der Waals surface area (Å²) in [5.41, 5.74) is 3.30. The van der Waals surface area contributed by atoms with Crippen molar-refractivity contribution in [2.75, 3.05) is 13.2 Å². The first-order valence-electron chi connectivity index (χ1n) is 8.91. The first-order chi connectivity index (χ1) is 12.8. The molecule has 0 bridgehead atoms. The maximum absolute atomic E-state index is 5.84. The topological polar surface area (TPSA) is 69.2 Å². The van der Waals surface area contributed by atoms with Gasteiger partial charge in [-0.15, -0.1) is 0 Å². The van der Waals surface area contributed by atoms with Crippen molar-refractivity contribution in [3.05, 3.63) is 65.6 Å². The van der Waals surface area contributed by atoms with Gasteiger partial charge >= 0.3 is 0 Å². The summed E-state index contributed by atoms with van der Waals surface area (Å²) in [5, 5.41) is 8.63. The van der Waals surface area contributed by atoms with Gasteiger partial charge in [0.25, 0.3) is 0 Å². The van der Waals surface area contributed by atoms with E-state index in [1.165, 1.54) is 5.69 Å². The minimum atomic E-state index is 0.302. The molecule has 0 saturated heterocycles. The summed E-state index contributed by atoms with van der Waals surface area (Å²) >= 11 is 0. The van der Waals surface area contributed by atoms with Crippen molar-refractivity contribution in [2.24, 2.45) is 0 Å². The Morgan fingerprint density at radius 3 is 3.08 bits per heavy atom. The molecule has 1 unspecified atom stereocenters. The van der Waals surface area contributed by atoms with Gasteiger partial charge in [-0.2, -0.15) is 5.10 Å². The molecule has 0 aromatic carbocycles. The van der Waals surface area contributed by atoms with Gasteiger partial charge < -0.3 is 9.26 Å². The highest BCUT2D eigenvalue weighted by molar-refractivity contribution is 5.08. The van der Waals surface area contributed by atoms with E-state index in [0.29, 0.717) is 19.3 Å². The van der Waals surface area contributed by atoms with Gasteiger partial charge in [0, 0.05) is 50.9 Å². The number of pyridine rings is 1. The fraction of sp³-hybridized carbons (Fsp3) is 0.421. The van der Waals surface area contributed by atoms with Crippen molar-refractivity contribution < 1.29 is 9.26 Å². The van der Waals surface area contributed by atoms with Gasteiger partial charge in [-0.25, -0.2) is 0 Å². The van der Waals surface area contributed by atoms with E-state index in [2.05, 4.69) is 30.9 Å². The molecular weight excluding hydrogens is 330 g/mol. The third-order valence-corrected chi connectivity index (χ3v) is 4.60. The van der Waals surface area contributed by atoms with Crippen LogP contribution in [-0.4, -0.2) is 38.0 Å². The second-order valence-corrected chi connectivity index (χ2v) is 6.72. The molecule has 0 amide bonds. The summed E-state index contributed by atoms with van der Waals surface area (Å²) in [4.78, 5) is 6.50. The fourth-order valence-electron chi connectivity index (χ4n) is 3.41. The second kappa shape index (κ2) is 7.80. The van der Waals surface area contributed by atoms with Crippen LogP contribution < -0.4 is 0 Å². The lowest BCUT2D eigenvalue weighted by Crippen LogP contribution is -2.37. The van der Waals surface area contributed by atoms with Crippen LogP contribution in [0, 0.1) is 6.92 Å². The lowest BCUT2D eigenvalue weighted by molar-refractivity contribution is 0.0866. The largest absolute Gasteiger partial charge is 0.377 e. The molecule has 4 heterocycles. The third kappa shape index (κ3) is 4.00. The Morgan fingerprint density at radius 1 is 1.31 bits per heavy atom. The molecule has 1 atom stereocenters. The van der Waals surface area contributed by atoms with E-state index in [1.807, 2.05) is 37.5 Å². The first-order valence-corrected chi connectivity index (χ1v) is 8.91. The van der Waals surface area contributed by atoms with Crippen LogP contribution in [0.4, 0.5) is 0 Å². The van der Waals surface area contributed by atoms with Crippen LogP contribution in [0.5, 0.6) is 0 Å². The lowest BCUT2D eigenvalue weighted by atomic mass is 10.1. The van der Waals surface area contributed by atoms with Crippen molar-refractivity contribution >= 4 is 0 Å². The number of rotatable bonds is 7. The van der Waals surface area contributed by atoms with E-state index >= 15 is 0 Å². The molecule has 0 aliphatic carbocycles. The Labute approximate surface area is 152 Å². The molecule has 0 N–H and O–H groups in total. The molecule has 136 valence electrons. The number of aromatic nitrogens is 4. The van der Waals surface area contributed by atoms with Crippen LogP contribution in [-0.2, 0) is 24.4 Å². The van der Waals surface area contributed by atoms with Gasteiger partial charge in [-0.1, -0.05) is 11.2 Å². The highest BCUT2D eigenvalue weighted by Crippen LogP contribution is 2.24. The van der Waals surface area contributed by atoms with Gasteiger partial charge in [0.2, 0.25) is 0 Å². The molecule has 26 heavy (non-hydrogen) atoms. The molecule has 3 aromatic rings. The average molecular weight is 353 g/mol. The van der Waals surface area contributed by atoms with Crippen molar-refractivity contribution in [3.8, 4) is 0 Å². The van der Waals surface area contributed by atoms with Crippen LogP contribution in [0.25, 0.3) is 0 Å². The third-order valence-electron chi connectivity index (χ3n) is 4.60. The number of nitrogens with zero attached hydrogens (tertiary/aromatic N) is 5. The molecule has 7 nitrogen and oxygen atoms in total. The molecule has 1 aliphatic rings. The zero-order chi connectivity index (χ0) is 17.8. The van der Waals surface area contributed by atoms with Crippen LogP contribution in [0.3, 0.4) is 0 Å². The predicted octanol–water partition coefficient (Wildman–Crippen LogP) is 2.74. The maximum atomic E-state index is 5.84. The van der Waals surface area contributed by atoms with Crippen molar-refractivity contribution in [2.45, 2.75) is 39.1 Å². The van der Waals surface area contributed by atoms with Crippen molar-refractivity contribution in [3.63, 3.8) is 0 Å². The van der Waals surface area contributed by atoms with Crippen LogP contribution >= 0.6 is 0 Å². The number of hydrogen-bond donors (Lipinski definition) is 0. The fourth-order valence-corrected chi connectivity index (χ4v) is 3.41. The minimum absolute atomic E-state index is 0.302. The Kier molecular flexibility index (Phi) is 5.08. The molecular formula is C19H23N5O2. The van der Waals surface area contributed by atoms with E-state index in [0.717, 1.165) is 43.1 Å². The average Bonchev–Trinajstić information content (AvgIpc) is 3.28. The summed E-state index contributed by atoms with van der Waals surface area (Å²) < 4.78 is 13.2. The van der Waals surface area contributed by atoms with Crippen LogP contribution in [0.15, 0.2) is 47.4 Å². The second-order valence-electron chi connectivity index (χ2n) is 6.72. The Hall–Kier alpha value is -2.51. The van der Waals surface area contributed by atoms with Gasteiger partial charge in [0.1, 0.15) is 5.76 Å². The standard InChI is InChI=1S/C19H23N5O2/c1-15-9-17(22-26-15)11-23-12-18-4-7-21-24(18)19(13-23)5-8-25-14-16-3-2-6-20-10-16/h2-4,6-7,9-10,19H,5,8,11-14H2,1H3. The summed E-state index contributed by atoms with van der Waals surface area (Å²) in [6.07, 6.45) is 6.41. The molecule has 0 spiro atoms. The quantitative estimate of drug-likeness (QED) is 0.608. The predicted molar refractivity (Wildman–Crippen MR) is 95.1 cm³/mol. The van der Waals surface area contributed by atoms with Gasteiger partial charge in [0.15, 0.2) is 0 Å². The highest BCUT2D eigenvalue weighted by atomic mass is 16.5. The summed E-state index contributed by atoms with van der Waals surface area (Å²) in [6.45, 7) is 5.79. The van der Waals surface area contributed by atoms with Gasteiger partial charge in [-0.3, -0.25) is 14.6 Å². The van der Waals surface area contributed by atoms with E-state index in [-0.39, 0.29) is 0 Å². The number of ether oxygens (including phenoxy) is 1. The van der Waals surface area contributed by atoms with E-state index in [9.17, 15) is 0 Å². The molecule has 0 saturated carbocycles. The highest BCUT2D eigenvalue weighted by Gasteiger charge is 2.26. The Bertz CT molecular complexity index is 829. The van der Waals surface area contributed by atoms with E-state index < -0.39 is 0 Å². The van der Waals surface area contributed by atoms with Crippen LogP contribution in [0.2, 0.25) is 0 Å². The summed E-state index contributed by atoms with van der Waals surface area (Å²) in [6, 6.07) is 8.34. The SMILES string of the molecule is Cc1cc(CN2Cc3ccnn3C(CCOCc3cccnc3)C2)no1. The number of fused-ring (bicyclic) bond motifs is 1. The minimum Gasteiger partial charge on any atom is -0.377 e. The monoisotopic (exact) mass is 353 g/mol. The molecule has 4 rings (SSSR count). The summed E-state index contributed by atoms with van der Waals surface area (Å²) in [5.74, 6) is 0.849.